The first-order chi connectivity index (χ1) is 7.19. The van der Waals surface area contributed by atoms with Crippen LogP contribution in [0.2, 0.25) is 0 Å². The van der Waals surface area contributed by atoms with Gasteiger partial charge >= 0.3 is 0 Å². The molecule has 1 aromatic rings. The Hall–Kier alpha value is -1.59. The first-order valence-corrected chi connectivity index (χ1v) is 4.51. The van der Waals surface area contributed by atoms with Crippen molar-refractivity contribution in [2.24, 2.45) is 5.73 Å². The van der Waals surface area contributed by atoms with E-state index in [0.717, 1.165) is 0 Å². The molecule has 1 aromatic carbocycles. The molecule has 1 rings (SSSR count). The van der Waals surface area contributed by atoms with Crippen molar-refractivity contribution in [3.63, 3.8) is 0 Å². The van der Waals surface area contributed by atoms with Crippen molar-refractivity contribution in [2.45, 2.75) is 6.10 Å². The second kappa shape index (κ2) is 5.33. The molecule has 0 aliphatic heterocycles. The summed E-state index contributed by atoms with van der Waals surface area (Å²) in [7, 11) is 1.50. The van der Waals surface area contributed by atoms with Crippen molar-refractivity contribution >= 4 is 11.6 Å². The number of hydrogen-bond acceptors (Lipinski definition) is 4. The average molecular weight is 210 g/mol. The second-order valence-electron chi connectivity index (χ2n) is 2.94. The van der Waals surface area contributed by atoms with E-state index in [1.54, 1.807) is 24.3 Å². The number of aliphatic hydroxyl groups is 1. The molecule has 4 N–H and O–H groups in total. The molecular formula is C10H14N2O3. The van der Waals surface area contributed by atoms with Crippen LogP contribution in [0.15, 0.2) is 24.3 Å². The molecule has 1 atom stereocenters. The number of rotatable bonds is 4. The molecule has 0 heterocycles. The summed E-state index contributed by atoms with van der Waals surface area (Å²) in [6.07, 6.45) is -1.20. The summed E-state index contributed by atoms with van der Waals surface area (Å²) in [4.78, 5) is 11.3. The first kappa shape index (κ1) is 11.5. The molecular weight excluding hydrogens is 196 g/mol. The van der Waals surface area contributed by atoms with Gasteiger partial charge in [0.2, 0.25) is 0 Å². The number of para-hydroxylation sites is 2. The van der Waals surface area contributed by atoms with E-state index in [4.69, 9.17) is 10.5 Å². The average Bonchev–Trinajstić information content (AvgIpc) is 2.28. The van der Waals surface area contributed by atoms with Gasteiger partial charge in [0.25, 0.3) is 5.91 Å². The predicted molar refractivity (Wildman–Crippen MR) is 56.7 cm³/mol. The number of nitrogens with one attached hydrogen (secondary N) is 1. The molecule has 0 saturated carbocycles. The van der Waals surface area contributed by atoms with Gasteiger partial charge in [-0.2, -0.15) is 0 Å². The molecule has 0 fully saturated rings. The van der Waals surface area contributed by atoms with Gasteiger partial charge in [0, 0.05) is 6.54 Å². The standard InChI is InChI=1S/C10H14N2O3/c1-15-9-5-3-2-4-7(9)12-10(14)8(13)6-11/h2-5,8,13H,6,11H2,1H3,(H,12,14). The van der Waals surface area contributed by atoms with Crippen molar-refractivity contribution in [1.29, 1.82) is 0 Å². The topological polar surface area (TPSA) is 84.6 Å². The van der Waals surface area contributed by atoms with Gasteiger partial charge in [-0.05, 0) is 12.1 Å². The normalized spacial score (nSPS) is 11.9. The summed E-state index contributed by atoms with van der Waals surface area (Å²) >= 11 is 0. The molecule has 0 saturated heterocycles. The van der Waals surface area contributed by atoms with Gasteiger partial charge in [-0.3, -0.25) is 4.79 Å². The highest BCUT2D eigenvalue weighted by Gasteiger charge is 2.14. The third-order valence-corrected chi connectivity index (χ3v) is 1.89. The molecule has 0 aliphatic rings. The van der Waals surface area contributed by atoms with Crippen LogP contribution in [0, 0.1) is 0 Å². The van der Waals surface area contributed by atoms with Crippen molar-refractivity contribution in [3.05, 3.63) is 24.3 Å². The Morgan fingerprint density at radius 3 is 2.87 bits per heavy atom. The maximum absolute atomic E-state index is 11.3. The van der Waals surface area contributed by atoms with Crippen molar-refractivity contribution in [1.82, 2.24) is 0 Å². The number of nitrogens with two attached hydrogens (primary N) is 1. The fourth-order valence-electron chi connectivity index (χ4n) is 1.07. The molecule has 5 heteroatoms. The lowest BCUT2D eigenvalue weighted by atomic mass is 10.2. The zero-order valence-electron chi connectivity index (χ0n) is 8.43. The van der Waals surface area contributed by atoms with Crippen LogP contribution in [0.4, 0.5) is 5.69 Å². The number of hydrogen-bond donors (Lipinski definition) is 3. The Labute approximate surface area is 87.9 Å². The van der Waals surface area contributed by atoms with Gasteiger partial charge < -0.3 is 20.9 Å². The SMILES string of the molecule is COc1ccccc1NC(=O)C(O)CN. The highest BCUT2D eigenvalue weighted by atomic mass is 16.5. The highest BCUT2D eigenvalue weighted by Crippen LogP contribution is 2.22. The predicted octanol–water partition coefficient (Wildman–Crippen LogP) is -0.0467. The van der Waals surface area contributed by atoms with E-state index in [1.165, 1.54) is 7.11 Å². The maximum atomic E-state index is 11.3. The van der Waals surface area contributed by atoms with Gasteiger partial charge in [-0.1, -0.05) is 12.1 Å². The van der Waals surface area contributed by atoms with Crippen LogP contribution in [-0.2, 0) is 4.79 Å². The molecule has 0 bridgehead atoms. The number of anilines is 1. The Bertz CT molecular complexity index is 341. The Morgan fingerprint density at radius 2 is 2.27 bits per heavy atom. The van der Waals surface area contributed by atoms with Crippen LogP contribution in [0.1, 0.15) is 0 Å². The van der Waals surface area contributed by atoms with E-state index in [-0.39, 0.29) is 6.54 Å². The number of carbonyl (C=O) groups excluding carboxylic acids is 1. The van der Waals surface area contributed by atoms with Gasteiger partial charge in [-0.25, -0.2) is 0 Å². The molecule has 0 aromatic heterocycles. The lowest BCUT2D eigenvalue weighted by Crippen LogP contribution is -2.34. The molecule has 1 unspecified atom stereocenters. The summed E-state index contributed by atoms with van der Waals surface area (Å²) in [6.45, 7) is -0.110. The zero-order chi connectivity index (χ0) is 11.3. The summed E-state index contributed by atoms with van der Waals surface area (Å²) in [6, 6.07) is 6.94. The lowest BCUT2D eigenvalue weighted by Gasteiger charge is -2.11. The second-order valence-corrected chi connectivity index (χ2v) is 2.94. The minimum absolute atomic E-state index is 0.110. The van der Waals surface area contributed by atoms with E-state index in [2.05, 4.69) is 5.32 Å². The first-order valence-electron chi connectivity index (χ1n) is 4.51. The molecule has 0 spiro atoms. The van der Waals surface area contributed by atoms with Crippen LogP contribution in [-0.4, -0.2) is 30.8 Å². The fourth-order valence-corrected chi connectivity index (χ4v) is 1.07. The summed E-state index contributed by atoms with van der Waals surface area (Å²) in [5, 5.41) is 11.7. The van der Waals surface area contributed by atoms with E-state index >= 15 is 0 Å². The smallest absolute Gasteiger partial charge is 0.254 e. The van der Waals surface area contributed by atoms with Crippen LogP contribution < -0.4 is 15.8 Å². The minimum Gasteiger partial charge on any atom is -0.495 e. The third-order valence-electron chi connectivity index (χ3n) is 1.89. The Balaban J connectivity index is 2.76. The van der Waals surface area contributed by atoms with Gasteiger partial charge in [0.15, 0.2) is 0 Å². The largest absolute Gasteiger partial charge is 0.495 e. The van der Waals surface area contributed by atoms with Crippen LogP contribution in [0.5, 0.6) is 5.75 Å². The Kier molecular flexibility index (Phi) is 4.08. The van der Waals surface area contributed by atoms with Gasteiger partial charge in [0.05, 0.1) is 12.8 Å². The number of amides is 1. The van der Waals surface area contributed by atoms with Crippen LogP contribution >= 0.6 is 0 Å². The van der Waals surface area contributed by atoms with E-state index in [9.17, 15) is 9.90 Å². The van der Waals surface area contributed by atoms with Crippen molar-refractivity contribution in [3.8, 4) is 5.75 Å². The maximum Gasteiger partial charge on any atom is 0.254 e. The fraction of sp³-hybridized carbons (Fsp3) is 0.300. The minimum atomic E-state index is -1.20. The molecule has 0 aliphatic carbocycles. The number of carbonyl (C=O) groups is 1. The van der Waals surface area contributed by atoms with Gasteiger partial charge in [0.1, 0.15) is 11.9 Å². The summed E-state index contributed by atoms with van der Waals surface area (Å²) in [5.74, 6) is -0.00271. The highest BCUT2D eigenvalue weighted by molar-refractivity contribution is 5.95. The summed E-state index contributed by atoms with van der Waals surface area (Å²) < 4.78 is 5.03. The lowest BCUT2D eigenvalue weighted by molar-refractivity contribution is -0.123. The quantitative estimate of drug-likeness (QED) is 0.650. The zero-order valence-corrected chi connectivity index (χ0v) is 8.43. The van der Waals surface area contributed by atoms with Crippen molar-refractivity contribution < 1.29 is 14.6 Å². The van der Waals surface area contributed by atoms with Gasteiger partial charge in [-0.15, -0.1) is 0 Å². The molecule has 0 radical (unpaired) electrons. The Morgan fingerprint density at radius 1 is 1.60 bits per heavy atom. The third kappa shape index (κ3) is 2.93. The van der Waals surface area contributed by atoms with E-state index in [1.807, 2.05) is 0 Å². The summed E-state index contributed by atoms with van der Waals surface area (Å²) in [5.41, 5.74) is 5.67. The molecule has 1 amide bonds. The molecule has 15 heavy (non-hydrogen) atoms. The van der Waals surface area contributed by atoms with E-state index in [0.29, 0.717) is 11.4 Å². The van der Waals surface area contributed by atoms with Crippen LogP contribution in [0.25, 0.3) is 0 Å². The molecule has 5 nitrogen and oxygen atoms in total. The number of aliphatic hydroxyl groups excluding tert-OH is 1. The molecule has 82 valence electrons. The number of ether oxygens (including phenoxy) is 1. The van der Waals surface area contributed by atoms with Crippen LogP contribution in [0.3, 0.4) is 0 Å². The van der Waals surface area contributed by atoms with Crippen molar-refractivity contribution in [2.75, 3.05) is 19.0 Å². The monoisotopic (exact) mass is 210 g/mol. The number of methoxy groups -OCH3 is 1. The van der Waals surface area contributed by atoms with E-state index < -0.39 is 12.0 Å². The number of benzene rings is 1.